The van der Waals surface area contributed by atoms with Crippen molar-refractivity contribution in [3.8, 4) is 6.07 Å². The van der Waals surface area contributed by atoms with E-state index >= 15 is 0 Å². The molecule has 0 bridgehead atoms. The van der Waals surface area contributed by atoms with Crippen LogP contribution in [0.25, 0.3) is 0 Å². The number of hydrogen-bond donors (Lipinski definition) is 0. The van der Waals surface area contributed by atoms with Crippen LogP contribution >= 0.6 is 0 Å². The smallest absolute Gasteiger partial charge is 0.244 e. The second-order valence-electron chi connectivity index (χ2n) is 6.01. The zero-order valence-corrected chi connectivity index (χ0v) is 13.0. The number of rotatable bonds is 3. The molecular formula is C17H23N3O. The van der Waals surface area contributed by atoms with Gasteiger partial charge in [-0.2, -0.15) is 5.26 Å². The van der Waals surface area contributed by atoms with Gasteiger partial charge in [-0.15, -0.1) is 0 Å². The molecule has 1 heterocycles. The topological polar surface area (TPSA) is 47.3 Å². The Morgan fingerprint density at radius 3 is 2.33 bits per heavy atom. The molecule has 1 unspecified atom stereocenters. The van der Waals surface area contributed by atoms with Crippen molar-refractivity contribution in [1.82, 2.24) is 9.80 Å². The van der Waals surface area contributed by atoms with Gasteiger partial charge < -0.3 is 4.90 Å². The Labute approximate surface area is 127 Å². The molecule has 4 heteroatoms. The molecule has 0 aromatic heterocycles. The van der Waals surface area contributed by atoms with Crippen molar-refractivity contribution in [2.75, 3.05) is 27.2 Å². The van der Waals surface area contributed by atoms with E-state index in [9.17, 15) is 4.79 Å². The predicted octanol–water partition coefficient (Wildman–Crippen LogP) is 2.36. The molecule has 1 aliphatic rings. The van der Waals surface area contributed by atoms with Crippen LogP contribution in [-0.2, 0) is 4.79 Å². The number of likely N-dealkylation sites (N-methyl/N-ethyl adjacent to an activating group) is 1. The molecule has 2 rings (SSSR count). The molecule has 1 aromatic carbocycles. The normalized spacial score (nSPS) is 17.6. The van der Waals surface area contributed by atoms with E-state index in [0.29, 0.717) is 13.1 Å². The zero-order valence-electron chi connectivity index (χ0n) is 13.0. The summed E-state index contributed by atoms with van der Waals surface area (Å²) in [6.07, 6.45) is 1.58. The molecule has 4 nitrogen and oxygen atoms in total. The van der Waals surface area contributed by atoms with Crippen molar-refractivity contribution >= 4 is 5.91 Å². The number of nitriles is 1. The molecule has 0 aliphatic carbocycles. The van der Waals surface area contributed by atoms with Crippen LogP contribution in [0.1, 0.15) is 30.0 Å². The maximum atomic E-state index is 12.8. The van der Waals surface area contributed by atoms with E-state index in [2.05, 4.69) is 6.07 Å². The molecule has 112 valence electrons. The Bertz CT molecular complexity index is 522. The minimum Gasteiger partial charge on any atom is -0.341 e. The number of carbonyl (C=O) groups is 1. The van der Waals surface area contributed by atoms with Gasteiger partial charge in [0, 0.05) is 19.0 Å². The summed E-state index contributed by atoms with van der Waals surface area (Å²) in [7, 11) is 3.87. The lowest BCUT2D eigenvalue weighted by atomic mass is 9.96. The summed E-state index contributed by atoms with van der Waals surface area (Å²) < 4.78 is 0. The minimum atomic E-state index is -0.246. The minimum absolute atomic E-state index is 0.103. The molecule has 0 saturated carbocycles. The van der Waals surface area contributed by atoms with E-state index in [4.69, 9.17) is 5.26 Å². The van der Waals surface area contributed by atoms with Gasteiger partial charge in [-0.1, -0.05) is 29.8 Å². The van der Waals surface area contributed by atoms with Gasteiger partial charge in [-0.05, 0) is 39.4 Å². The average Bonchev–Trinajstić information content (AvgIpc) is 2.49. The lowest BCUT2D eigenvalue weighted by molar-refractivity contribution is -0.137. The first-order valence-corrected chi connectivity index (χ1v) is 7.44. The van der Waals surface area contributed by atoms with Crippen molar-refractivity contribution in [2.45, 2.75) is 25.8 Å². The van der Waals surface area contributed by atoms with E-state index < -0.39 is 0 Å². The molecule has 1 atom stereocenters. The molecule has 0 spiro atoms. The number of hydrogen-bond acceptors (Lipinski definition) is 3. The third-order valence-corrected chi connectivity index (χ3v) is 4.13. The zero-order chi connectivity index (χ0) is 15.4. The van der Waals surface area contributed by atoms with Crippen molar-refractivity contribution in [3.05, 3.63) is 35.4 Å². The molecule has 1 saturated heterocycles. The molecule has 1 fully saturated rings. The molecule has 1 aromatic rings. The van der Waals surface area contributed by atoms with Gasteiger partial charge in [-0.3, -0.25) is 9.69 Å². The summed E-state index contributed by atoms with van der Waals surface area (Å²) in [6, 6.07) is 10.2. The van der Waals surface area contributed by atoms with Crippen LogP contribution in [0.15, 0.2) is 24.3 Å². The van der Waals surface area contributed by atoms with Crippen LogP contribution in [0, 0.1) is 24.2 Å². The van der Waals surface area contributed by atoms with Crippen molar-refractivity contribution < 1.29 is 4.79 Å². The van der Waals surface area contributed by atoms with E-state index in [1.54, 1.807) is 0 Å². The summed E-state index contributed by atoms with van der Waals surface area (Å²) in [4.78, 5) is 16.7. The highest BCUT2D eigenvalue weighted by atomic mass is 16.2. The van der Waals surface area contributed by atoms with Gasteiger partial charge in [0.2, 0.25) is 5.91 Å². The number of carbonyl (C=O) groups excluding carboxylic acids is 1. The first kappa shape index (κ1) is 15.5. The van der Waals surface area contributed by atoms with Gasteiger partial charge in [-0.25, -0.2) is 0 Å². The van der Waals surface area contributed by atoms with E-state index in [0.717, 1.165) is 18.4 Å². The number of aryl methyl sites for hydroxylation is 1. The lowest BCUT2D eigenvalue weighted by Crippen LogP contribution is -2.44. The summed E-state index contributed by atoms with van der Waals surface area (Å²) in [6.45, 7) is 3.42. The first-order valence-electron chi connectivity index (χ1n) is 7.44. The lowest BCUT2D eigenvalue weighted by Gasteiger charge is -2.34. The third-order valence-electron chi connectivity index (χ3n) is 4.13. The highest BCUT2D eigenvalue weighted by Gasteiger charge is 2.30. The Morgan fingerprint density at radius 2 is 1.86 bits per heavy atom. The standard InChI is InChI=1S/C17H23N3O/c1-13-4-6-15(7-5-13)16(19(2)3)17(21)20-10-8-14(12-18)9-11-20/h4-7,14,16H,8-11H2,1-3H3. The predicted molar refractivity (Wildman–Crippen MR) is 82.5 cm³/mol. The number of likely N-dealkylation sites (tertiary alicyclic amines) is 1. The Morgan fingerprint density at radius 1 is 1.29 bits per heavy atom. The fraction of sp³-hybridized carbons (Fsp3) is 0.529. The van der Waals surface area contributed by atoms with Crippen LogP contribution in [0.3, 0.4) is 0 Å². The quantitative estimate of drug-likeness (QED) is 0.856. The maximum Gasteiger partial charge on any atom is 0.244 e. The van der Waals surface area contributed by atoms with Crippen LogP contribution < -0.4 is 0 Å². The number of amides is 1. The molecular weight excluding hydrogens is 262 g/mol. The van der Waals surface area contributed by atoms with Crippen LogP contribution in [-0.4, -0.2) is 42.9 Å². The maximum absolute atomic E-state index is 12.8. The second-order valence-corrected chi connectivity index (χ2v) is 6.01. The molecule has 1 amide bonds. The fourth-order valence-electron chi connectivity index (χ4n) is 2.81. The average molecular weight is 285 g/mol. The van der Waals surface area contributed by atoms with Crippen molar-refractivity contribution in [2.24, 2.45) is 5.92 Å². The highest BCUT2D eigenvalue weighted by molar-refractivity contribution is 5.83. The van der Waals surface area contributed by atoms with Crippen LogP contribution in [0.2, 0.25) is 0 Å². The number of piperidine rings is 1. The van der Waals surface area contributed by atoms with Crippen molar-refractivity contribution in [3.63, 3.8) is 0 Å². The fourth-order valence-corrected chi connectivity index (χ4v) is 2.81. The van der Waals surface area contributed by atoms with Gasteiger partial charge in [0.25, 0.3) is 0 Å². The molecule has 21 heavy (non-hydrogen) atoms. The molecule has 1 aliphatic heterocycles. The van der Waals surface area contributed by atoms with Gasteiger partial charge in [0.1, 0.15) is 6.04 Å². The summed E-state index contributed by atoms with van der Waals surface area (Å²) in [5.74, 6) is 0.242. The highest BCUT2D eigenvalue weighted by Crippen LogP contribution is 2.24. The van der Waals surface area contributed by atoms with Gasteiger partial charge in [0.05, 0.1) is 6.07 Å². The van der Waals surface area contributed by atoms with E-state index in [1.165, 1.54) is 5.56 Å². The Hall–Kier alpha value is -1.86. The largest absolute Gasteiger partial charge is 0.341 e. The summed E-state index contributed by atoms with van der Waals surface area (Å²) >= 11 is 0. The Balaban J connectivity index is 2.13. The van der Waals surface area contributed by atoms with Gasteiger partial charge >= 0.3 is 0 Å². The van der Waals surface area contributed by atoms with Crippen LogP contribution in [0.5, 0.6) is 0 Å². The summed E-state index contributed by atoms with van der Waals surface area (Å²) in [5.41, 5.74) is 2.22. The Kier molecular flexibility index (Phi) is 4.98. The van der Waals surface area contributed by atoms with Crippen LogP contribution in [0.4, 0.5) is 0 Å². The molecule has 0 radical (unpaired) electrons. The SMILES string of the molecule is Cc1ccc(C(C(=O)N2CCC(C#N)CC2)N(C)C)cc1. The first-order chi connectivity index (χ1) is 10.0. The second kappa shape index (κ2) is 6.73. The van der Waals surface area contributed by atoms with Gasteiger partial charge in [0.15, 0.2) is 0 Å². The van der Waals surface area contributed by atoms with Crippen molar-refractivity contribution in [1.29, 1.82) is 5.26 Å². The monoisotopic (exact) mass is 285 g/mol. The molecule has 0 N–H and O–H groups in total. The van der Waals surface area contributed by atoms with E-state index in [1.807, 2.05) is 55.1 Å². The third kappa shape index (κ3) is 3.62. The number of nitrogens with zero attached hydrogens (tertiary/aromatic N) is 3. The summed E-state index contributed by atoms with van der Waals surface area (Å²) in [5, 5.41) is 8.96. The number of benzene rings is 1. The van der Waals surface area contributed by atoms with E-state index in [-0.39, 0.29) is 17.9 Å².